The van der Waals surface area contributed by atoms with E-state index >= 15 is 0 Å². The summed E-state index contributed by atoms with van der Waals surface area (Å²) in [5.74, 6) is 0.0128. The number of hydrogen-bond donors (Lipinski definition) is 2. The van der Waals surface area contributed by atoms with Gasteiger partial charge in [0, 0.05) is 11.9 Å². The van der Waals surface area contributed by atoms with Crippen molar-refractivity contribution in [2.45, 2.75) is 0 Å². The van der Waals surface area contributed by atoms with E-state index in [2.05, 4.69) is 20.7 Å². The average molecular weight is 448 g/mol. The van der Waals surface area contributed by atoms with Crippen molar-refractivity contribution in [1.29, 1.82) is 0 Å². The lowest BCUT2D eigenvalue weighted by atomic mass is 10.2. The smallest absolute Gasteiger partial charge is 0.261 e. The molecule has 0 saturated heterocycles. The van der Waals surface area contributed by atoms with E-state index in [1.807, 2.05) is 30.3 Å². The van der Waals surface area contributed by atoms with E-state index in [0.717, 1.165) is 0 Å². The standard InChI is InChI=1S/C23H18ClN5O3/c1-32-18-10-8-16(9-11-18)27-23(31)19-14-26-29(17-5-3-2-4-6-17)21(19)28-22(30)15-7-12-20(24)25-13-15/h2-14H,1H3,(H,27,31)(H,28,30). The molecule has 0 radical (unpaired) electrons. The van der Waals surface area contributed by atoms with Crippen LogP contribution in [0.15, 0.2) is 79.1 Å². The topological polar surface area (TPSA) is 98.1 Å². The molecule has 0 atom stereocenters. The Morgan fingerprint density at radius 2 is 1.66 bits per heavy atom. The predicted molar refractivity (Wildman–Crippen MR) is 122 cm³/mol. The summed E-state index contributed by atoms with van der Waals surface area (Å²) in [4.78, 5) is 29.8. The van der Waals surface area contributed by atoms with Crippen LogP contribution in [0.3, 0.4) is 0 Å². The lowest BCUT2D eigenvalue weighted by molar-refractivity contribution is 0.102. The maximum Gasteiger partial charge on any atom is 0.261 e. The number of hydrogen-bond acceptors (Lipinski definition) is 5. The highest BCUT2D eigenvalue weighted by molar-refractivity contribution is 6.29. The molecule has 0 saturated carbocycles. The molecule has 0 bridgehead atoms. The molecule has 2 heterocycles. The van der Waals surface area contributed by atoms with Crippen LogP contribution in [0.4, 0.5) is 11.5 Å². The first kappa shape index (κ1) is 21.1. The zero-order valence-electron chi connectivity index (χ0n) is 16.9. The summed E-state index contributed by atoms with van der Waals surface area (Å²) < 4.78 is 6.63. The van der Waals surface area contributed by atoms with Crippen LogP contribution >= 0.6 is 11.6 Å². The predicted octanol–water partition coefficient (Wildman–Crippen LogP) is 4.43. The van der Waals surface area contributed by atoms with Crippen LogP contribution in [0, 0.1) is 0 Å². The summed E-state index contributed by atoms with van der Waals surface area (Å²) >= 11 is 5.81. The Bertz CT molecular complexity index is 1240. The number of benzene rings is 2. The molecule has 9 heteroatoms. The summed E-state index contributed by atoms with van der Waals surface area (Å²) in [5.41, 5.74) is 1.74. The number of halogens is 1. The quantitative estimate of drug-likeness (QED) is 0.426. The van der Waals surface area contributed by atoms with Crippen LogP contribution in [0.25, 0.3) is 5.69 Å². The first-order valence-electron chi connectivity index (χ1n) is 9.57. The molecule has 8 nitrogen and oxygen atoms in total. The second-order valence-corrected chi connectivity index (χ2v) is 7.05. The Kier molecular flexibility index (Phi) is 6.14. The Morgan fingerprint density at radius 3 is 2.31 bits per heavy atom. The normalized spacial score (nSPS) is 10.4. The zero-order chi connectivity index (χ0) is 22.5. The second-order valence-electron chi connectivity index (χ2n) is 6.66. The minimum atomic E-state index is -0.453. The molecule has 32 heavy (non-hydrogen) atoms. The molecule has 2 aromatic heterocycles. The lowest BCUT2D eigenvalue weighted by Crippen LogP contribution is -2.19. The summed E-state index contributed by atoms with van der Waals surface area (Å²) in [6, 6.07) is 19.1. The molecule has 2 amide bonds. The van der Waals surface area contributed by atoms with Crippen LogP contribution in [-0.4, -0.2) is 33.7 Å². The molecular weight excluding hydrogens is 430 g/mol. The number of carbonyl (C=O) groups is 2. The van der Waals surface area contributed by atoms with E-state index in [0.29, 0.717) is 17.1 Å². The Balaban J connectivity index is 1.67. The van der Waals surface area contributed by atoms with E-state index in [-0.39, 0.29) is 22.1 Å². The summed E-state index contributed by atoms with van der Waals surface area (Å²) in [5, 5.41) is 10.2. The number of nitrogens with zero attached hydrogens (tertiary/aromatic N) is 3. The fraction of sp³-hybridized carbons (Fsp3) is 0.0435. The molecule has 2 N–H and O–H groups in total. The van der Waals surface area contributed by atoms with Gasteiger partial charge in [-0.05, 0) is 48.5 Å². The minimum Gasteiger partial charge on any atom is -0.497 e. The third-order valence-electron chi connectivity index (χ3n) is 4.58. The maximum absolute atomic E-state index is 13.0. The van der Waals surface area contributed by atoms with Gasteiger partial charge in [0.25, 0.3) is 11.8 Å². The highest BCUT2D eigenvalue weighted by Crippen LogP contribution is 2.23. The molecular formula is C23H18ClN5O3. The Labute approximate surface area is 188 Å². The highest BCUT2D eigenvalue weighted by Gasteiger charge is 2.21. The number of amides is 2. The van der Waals surface area contributed by atoms with Gasteiger partial charge in [-0.15, -0.1) is 0 Å². The zero-order valence-corrected chi connectivity index (χ0v) is 17.7. The van der Waals surface area contributed by atoms with E-state index in [1.165, 1.54) is 23.1 Å². The van der Waals surface area contributed by atoms with Crippen molar-refractivity contribution in [3.8, 4) is 11.4 Å². The maximum atomic E-state index is 13.0. The number of pyridine rings is 1. The molecule has 0 aliphatic rings. The molecule has 2 aromatic carbocycles. The fourth-order valence-electron chi connectivity index (χ4n) is 2.96. The largest absolute Gasteiger partial charge is 0.497 e. The monoisotopic (exact) mass is 447 g/mol. The molecule has 0 spiro atoms. The summed E-state index contributed by atoms with van der Waals surface area (Å²) in [6.07, 6.45) is 2.76. The third-order valence-corrected chi connectivity index (χ3v) is 4.81. The van der Waals surface area contributed by atoms with Gasteiger partial charge in [-0.2, -0.15) is 5.10 Å². The molecule has 160 valence electrons. The summed E-state index contributed by atoms with van der Waals surface area (Å²) in [7, 11) is 1.57. The lowest BCUT2D eigenvalue weighted by Gasteiger charge is -2.12. The van der Waals surface area contributed by atoms with Crippen LogP contribution in [0.1, 0.15) is 20.7 Å². The van der Waals surface area contributed by atoms with Gasteiger partial charge >= 0.3 is 0 Å². The Morgan fingerprint density at radius 1 is 0.906 bits per heavy atom. The van der Waals surface area contributed by atoms with Crippen molar-refractivity contribution >= 4 is 34.9 Å². The van der Waals surface area contributed by atoms with Crippen LogP contribution < -0.4 is 15.4 Å². The number of carbonyl (C=O) groups excluding carboxylic acids is 2. The Hall–Kier alpha value is -4.17. The van der Waals surface area contributed by atoms with Gasteiger partial charge in [-0.3, -0.25) is 9.59 Å². The van der Waals surface area contributed by atoms with Gasteiger partial charge in [-0.1, -0.05) is 29.8 Å². The fourth-order valence-corrected chi connectivity index (χ4v) is 3.07. The average Bonchev–Trinajstić information content (AvgIpc) is 3.24. The number of methoxy groups -OCH3 is 1. The summed E-state index contributed by atoms with van der Waals surface area (Å²) in [6.45, 7) is 0. The van der Waals surface area contributed by atoms with Crippen molar-refractivity contribution in [2.75, 3.05) is 17.7 Å². The van der Waals surface area contributed by atoms with E-state index in [1.54, 1.807) is 37.4 Å². The van der Waals surface area contributed by atoms with Gasteiger partial charge < -0.3 is 15.4 Å². The molecule has 0 aliphatic heterocycles. The van der Waals surface area contributed by atoms with Crippen molar-refractivity contribution in [3.63, 3.8) is 0 Å². The van der Waals surface area contributed by atoms with Gasteiger partial charge in [0.15, 0.2) is 0 Å². The number of rotatable bonds is 6. The van der Waals surface area contributed by atoms with Crippen LogP contribution in [-0.2, 0) is 0 Å². The number of anilines is 2. The third kappa shape index (κ3) is 4.60. The minimum absolute atomic E-state index is 0.194. The molecule has 4 aromatic rings. The second kappa shape index (κ2) is 9.32. The van der Waals surface area contributed by atoms with Crippen molar-refractivity contribution in [3.05, 3.63) is 95.4 Å². The molecule has 0 fully saturated rings. The first-order valence-corrected chi connectivity index (χ1v) is 9.94. The van der Waals surface area contributed by atoms with E-state index in [4.69, 9.17) is 16.3 Å². The van der Waals surface area contributed by atoms with Gasteiger partial charge in [0.05, 0.1) is 24.6 Å². The van der Waals surface area contributed by atoms with Crippen LogP contribution in [0.5, 0.6) is 5.75 Å². The van der Waals surface area contributed by atoms with E-state index in [9.17, 15) is 9.59 Å². The van der Waals surface area contributed by atoms with Crippen molar-refractivity contribution < 1.29 is 14.3 Å². The van der Waals surface area contributed by atoms with Gasteiger partial charge in [0.1, 0.15) is 22.3 Å². The highest BCUT2D eigenvalue weighted by atomic mass is 35.5. The SMILES string of the molecule is COc1ccc(NC(=O)c2cnn(-c3ccccc3)c2NC(=O)c2ccc(Cl)nc2)cc1. The van der Waals surface area contributed by atoms with Gasteiger partial charge in [0.2, 0.25) is 0 Å². The molecule has 4 rings (SSSR count). The first-order chi connectivity index (χ1) is 15.5. The van der Waals surface area contributed by atoms with E-state index < -0.39 is 11.8 Å². The van der Waals surface area contributed by atoms with Crippen LogP contribution in [0.2, 0.25) is 5.15 Å². The number of aromatic nitrogens is 3. The van der Waals surface area contributed by atoms with Crippen molar-refractivity contribution in [2.24, 2.45) is 0 Å². The number of ether oxygens (including phenoxy) is 1. The number of nitrogens with one attached hydrogen (secondary N) is 2. The molecule has 0 aliphatic carbocycles. The van der Waals surface area contributed by atoms with Crippen molar-refractivity contribution in [1.82, 2.24) is 14.8 Å². The number of para-hydroxylation sites is 1. The molecule has 0 unspecified atom stereocenters. The van der Waals surface area contributed by atoms with Gasteiger partial charge in [-0.25, -0.2) is 9.67 Å².